The quantitative estimate of drug-likeness (QED) is 0.450. The number of benzene rings is 1. The number of hydrogen-bond donors (Lipinski definition) is 0. The lowest BCUT2D eigenvalue weighted by Crippen LogP contribution is -2.43. The highest BCUT2D eigenvalue weighted by Crippen LogP contribution is 2.35. The predicted octanol–water partition coefficient (Wildman–Crippen LogP) is 5.27. The summed E-state index contributed by atoms with van der Waals surface area (Å²) in [6.07, 6.45) is 3.74. The van der Waals surface area contributed by atoms with Crippen LogP contribution in [0.4, 0.5) is 0 Å². The third-order valence-corrected chi connectivity index (χ3v) is 7.51. The first-order valence-electron chi connectivity index (χ1n) is 11.1. The van der Waals surface area contributed by atoms with E-state index in [4.69, 9.17) is 16.0 Å². The molecule has 33 heavy (non-hydrogen) atoms. The fraction of sp³-hybridized carbons (Fsp3) is 0.320. The van der Waals surface area contributed by atoms with Crippen LogP contribution < -0.4 is 0 Å². The van der Waals surface area contributed by atoms with Crippen molar-refractivity contribution >= 4 is 40.3 Å². The Morgan fingerprint density at radius 1 is 1.09 bits per heavy atom. The zero-order chi connectivity index (χ0) is 22.8. The van der Waals surface area contributed by atoms with Gasteiger partial charge in [-0.2, -0.15) is 5.10 Å². The standard InChI is InChI=1S/C25H24ClN3O3S/c26-19-7-5-17(6-8-19)25(31)18-9-11-28(12-10-18)16-24(30)29-21(23-4-2-14-33-23)15-20(27-29)22-3-1-13-32-22/h1-8,13-14,18,21H,9-12,15-16H2. The van der Waals surface area contributed by atoms with Crippen LogP contribution in [-0.4, -0.2) is 46.9 Å². The second-order valence-corrected chi connectivity index (χ2v) is 9.83. The first-order valence-corrected chi connectivity index (χ1v) is 12.3. The lowest BCUT2D eigenvalue weighted by molar-refractivity contribution is -0.134. The maximum Gasteiger partial charge on any atom is 0.257 e. The molecular formula is C25H24ClN3O3S. The normalized spacial score (nSPS) is 19.6. The van der Waals surface area contributed by atoms with Crippen LogP contribution in [0.1, 0.15) is 46.3 Å². The fourth-order valence-electron chi connectivity index (χ4n) is 4.50. The maximum absolute atomic E-state index is 13.3. The van der Waals surface area contributed by atoms with Gasteiger partial charge >= 0.3 is 0 Å². The van der Waals surface area contributed by atoms with E-state index in [0.29, 0.717) is 42.4 Å². The number of hydrogen-bond acceptors (Lipinski definition) is 6. The largest absolute Gasteiger partial charge is 0.463 e. The summed E-state index contributed by atoms with van der Waals surface area (Å²) < 4.78 is 5.52. The summed E-state index contributed by atoms with van der Waals surface area (Å²) in [6, 6.07) is 14.7. The minimum atomic E-state index is -0.110. The van der Waals surface area contributed by atoms with Crippen LogP contribution in [0.25, 0.3) is 0 Å². The molecule has 2 aliphatic rings. The van der Waals surface area contributed by atoms with E-state index in [0.717, 1.165) is 23.4 Å². The van der Waals surface area contributed by atoms with Gasteiger partial charge in [0.05, 0.1) is 18.8 Å². The third kappa shape index (κ3) is 4.81. The van der Waals surface area contributed by atoms with Gasteiger partial charge in [-0.05, 0) is 73.8 Å². The van der Waals surface area contributed by atoms with E-state index in [1.54, 1.807) is 46.9 Å². The number of Topliss-reactive ketones (excluding diaryl/α,β-unsaturated/α-hetero) is 1. The minimum absolute atomic E-state index is 0.0215. The Labute approximate surface area is 201 Å². The highest BCUT2D eigenvalue weighted by Gasteiger charge is 2.36. The van der Waals surface area contributed by atoms with E-state index in [-0.39, 0.29) is 23.7 Å². The molecule has 1 atom stereocenters. The zero-order valence-electron chi connectivity index (χ0n) is 18.0. The van der Waals surface area contributed by atoms with Crippen LogP contribution >= 0.6 is 22.9 Å². The molecule has 8 heteroatoms. The lowest BCUT2D eigenvalue weighted by Gasteiger charge is -2.32. The highest BCUT2D eigenvalue weighted by molar-refractivity contribution is 7.10. The Morgan fingerprint density at radius 3 is 2.55 bits per heavy atom. The number of piperidine rings is 1. The predicted molar refractivity (Wildman–Crippen MR) is 129 cm³/mol. The van der Waals surface area contributed by atoms with Crippen LogP contribution in [-0.2, 0) is 4.79 Å². The Hall–Kier alpha value is -2.74. The summed E-state index contributed by atoms with van der Waals surface area (Å²) >= 11 is 7.57. The molecule has 1 saturated heterocycles. The van der Waals surface area contributed by atoms with E-state index in [2.05, 4.69) is 10.0 Å². The minimum Gasteiger partial charge on any atom is -0.463 e. The van der Waals surface area contributed by atoms with Gasteiger partial charge in [0.15, 0.2) is 5.78 Å². The van der Waals surface area contributed by atoms with Crippen LogP contribution in [0.5, 0.6) is 0 Å². The van der Waals surface area contributed by atoms with Gasteiger partial charge in [0.1, 0.15) is 11.5 Å². The first kappa shape index (κ1) is 22.1. The zero-order valence-corrected chi connectivity index (χ0v) is 19.6. The number of likely N-dealkylation sites (tertiary alicyclic amines) is 1. The number of nitrogens with zero attached hydrogens (tertiary/aromatic N) is 3. The number of halogens is 1. The molecule has 6 nitrogen and oxygen atoms in total. The fourth-order valence-corrected chi connectivity index (χ4v) is 5.44. The molecule has 0 bridgehead atoms. The average Bonchev–Trinajstić information content (AvgIpc) is 3.61. The highest BCUT2D eigenvalue weighted by atomic mass is 35.5. The molecule has 1 unspecified atom stereocenters. The third-order valence-electron chi connectivity index (χ3n) is 6.29. The second-order valence-electron chi connectivity index (χ2n) is 8.42. The molecule has 0 N–H and O–H groups in total. The molecule has 0 radical (unpaired) electrons. The van der Waals surface area contributed by atoms with Gasteiger partial charge in [0.2, 0.25) is 0 Å². The molecule has 170 valence electrons. The number of hydrazone groups is 1. The van der Waals surface area contributed by atoms with Crippen molar-refractivity contribution in [1.82, 2.24) is 9.91 Å². The molecule has 2 aliphatic heterocycles. The van der Waals surface area contributed by atoms with E-state index >= 15 is 0 Å². The summed E-state index contributed by atoms with van der Waals surface area (Å²) in [6.45, 7) is 1.71. The van der Waals surface area contributed by atoms with Gasteiger partial charge in [-0.25, -0.2) is 5.01 Å². The van der Waals surface area contributed by atoms with Crippen LogP contribution in [0.3, 0.4) is 0 Å². The van der Waals surface area contributed by atoms with E-state index in [9.17, 15) is 9.59 Å². The molecule has 1 fully saturated rings. The van der Waals surface area contributed by atoms with Gasteiger partial charge in [-0.15, -0.1) is 11.3 Å². The lowest BCUT2D eigenvalue weighted by atomic mass is 9.89. The molecule has 0 spiro atoms. The van der Waals surface area contributed by atoms with E-state index in [1.165, 1.54) is 0 Å². The number of ketones is 1. The van der Waals surface area contributed by atoms with Crippen molar-refractivity contribution in [3.8, 4) is 0 Å². The van der Waals surface area contributed by atoms with Crippen molar-refractivity contribution in [3.05, 3.63) is 81.4 Å². The summed E-state index contributed by atoms with van der Waals surface area (Å²) in [5, 5.41) is 8.91. The number of thiophene rings is 1. The molecule has 1 amide bonds. The van der Waals surface area contributed by atoms with Gasteiger partial charge < -0.3 is 4.42 Å². The maximum atomic E-state index is 13.3. The number of carbonyl (C=O) groups is 2. The summed E-state index contributed by atoms with van der Waals surface area (Å²) in [5.41, 5.74) is 1.49. The van der Waals surface area contributed by atoms with Crippen molar-refractivity contribution in [3.63, 3.8) is 0 Å². The van der Waals surface area contributed by atoms with Crippen LogP contribution in [0.15, 0.2) is 69.7 Å². The SMILES string of the molecule is O=C(c1ccc(Cl)cc1)C1CCN(CC(=O)N2N=C(c3ccco3)CC2c2cccs2)CC1. The Kier molecular flexibility index (Phi) is 6.44. The number of carbonyl (C=O) groups excluding carboxylic acids is 2. The Bertz CT molecular complexity index is 1130. The molecule has 3 aromatic rings. The molecule has 4 heterocycles. The molecule has 0 saturated carbocycles. The van der Waals surface area contributed by atoms with Gasteiger partial charge in [-0.3, -0.25) is 14.5 Å². The van der Waals surface area contributed by atoms with Gasteiger partial charge in [0.25, 0.3) is 5.91 Å². The topological polar surface area (TPSA) is 66.1 Å². The Morgan fingerprint density at radius 2 is 1.88 bits per heavy atom. The van der Waals surface area contributed by atoms with Crippen molar-refractivity contribution in [2.24, 2.45) is 11.0 Å². The molecule has 5 rings (SSSR count). The smallest absolute Gasteiger partial charge is 0.257 e. The van der Waals surface area contributed by atoms with Crippen LogP contribution in [0.2, 0.25) is 5.02 Å². The van der Waals surface area contributed by atoms with Gasteiger partial charge in [0, 0.05) is 27.8 Å². The second kappa shape index (κ2) is 9.63. The van der Waals surface area contributed by atoms with Crippen molar-refractivity contribution in [2.45, 2.75) is 25.3 Å². The van der Waals surface area contributed by atoms with E-state index in [1.807, 2.05) is 29.6 Å². The first-order chi connectivity index (χ1) is 16.1. The molecule has 0 aliphatic carbocycles. The number of furan rings is 1. The molecule has 2 aromatic heterocycles. The van der Waals surface area contributed by atoms with Crippen LogP contribution in [0, 0.1) is 5.92 Å². The van der Waals surface area contributed by atoms with E-state index < -0.39 is 0 Å². The molecule has 1 aromatic carbocycles. The van der Waals surface area contributed by atoms with Crippen molar-refractivity contribution < 1.29 is 14.0 Å². The Balaban J connectivity index is 1.22. The number of amides is 1. The number of rotatable bonds is 6. The average molecular weight is 482 g/mol. The monoisotopic (exact) mass is 481 g/mol. The summed E-state index contributed by atoms with van der Waals surface area (Å²) in [4.78, 5) is 29.3. The van der Waals surface area contributed by atoms with Crippen molar-refractivity contribution in [1.29, 1.82) is 0 Å². The summed E-state index contributed by atoms with van der Waals surface area (Å²) in [7, 11) is 0. The van der Waals surface area contributed by atoms with Gasteiger partial charge in [-0.1, -0.05) is 17.7 Å². The van der Waals surface area contributed by atoms with Crippen molar-refractivity contribution in [2.75, 3.05) is 19.6 Å². The summed E-state index contributed by atoms with van der Waals surface area (Å²) in [5.74, 6) is 0.806. The molecular weight excluding hydrogens is 458 g/mol.